The molecule has 1 fully saturated rings. The number of hydrogen-bond acceptors (Lipinski definition) is 5. The molecular weight excluding hydrogens is 350 g/mol. The van der Waals surface area contributed by atoms with Crippen LogP contribution in [-0.4, -0.2) is 41.3 Å². The van der Waals surface area contributed by atoms with Crippen LogP contribution in [0.3, 0.4) is 0 Å². The number of nitrogens with one attached hydrogen (secondary N) is 2. The lowest BCUT2D eigenvalue weighted by atomic mass is 9.99. The van der Waals surface area contributed by atoms with Crippen LogP contribution in [0.15, 0.2) is 59.8 Å². The van der Waals surface area contributed by atoms with E-state index in [-0.39, 0.29) is 4.75 Å². The average Bonchev–Trinajstić information content (AvgIpc) is 2.68. The number of benzene rings is 1. The lowest BCUT2D eigenvalue weighted by Crippen LogP contribution is -2.47. The number of carbonyl (C=O) groups is 2. The molecule has 0 spiro atoms. The van der Waals surface area contributed by atoms with E-state index in [1.165, 1.54) is 6.20 Å². The Balaban J connectivity index is 1.60. The van der Waals surface area contributed by atoms with E-state index in [1.54, 1.807) is 30.1 Å². The number of anilines is 1. The Kier molecular flexibility index (Phi) is 6.25. The van der Waals surface area contributed by atoms with Gasteiger partial charge >= 0.3 is 11.8 Å². The van der Waals surface area contributed by atoms with Gasteiger partial charge in [0.25, 0.3) is 0 Å². The molecule has 1 aliphatic heterocycles. The van der Waals surface area contributed by atoms with Gasteiger partial charge in [-0.3, -0.25) is 14.6 Å². The molecule has 3 rings (SSSR count). The highest BCUT2D eigenvalue weighted by Crippen LogP contribution is 2.40. The first-order valence-electron chi connectivity index (χ1n) is 8.48. The zero-order chi connectivity index (χ0) is 18.2. The van der Waals surface area contributed by atoms with Gasteiger partial charge < -0.3 is 15.4 Å². The van der Waals surface area contributed by atoms with Crippen molar-refractivity contribution in [1.82, 2.24) is 10.3 Å². The third-order valence-electron chi connectivity index (χ3n) is 4.18. The van der Waals surface area contributed by atoms with Gasteiger partial charge in [-0.2, -0.15) is 0 Å². The Bertz CT molecular complexity index is 734. The third-order valence-corrected chi connectivity index (χ3v) is 5.67. The number of aromatic nitrogens is 1. The fraction of sp³-hybridized carbons (Fsp3) is 0.316. The minimum Gasteiger partial charge on any atom is -0.381 e. The summed E-state index contributed by atoms with van der Waals surface area (Å²) in [5.74, 6) is -1.33. The SMILES string of the molecule is O=C(NCC1(Sc2ccccc2)CCOCC1)C(=O)Nc1cccnc1. The Morgan fingerprint density at radius 2 is 1.85 bits per heavy atom. The number of carbonyl (C=O) groups excluding carboxylic acids is 2. The molecule has 6 nitrogen and oxygen atoms in total. The quantitative estimate of drug-likeness (QED) is 0.790. The molecule has 1 aromatic carbocycles. The van der Waals surface area contributed by atoms with Crippen molar-refractivity contribution in [2.45, 2.75) is 22.5 Å². The van der Waals surface area contributed by atoms with Crippen LogP contribution in [0.5, 0.6) is 0 Å². The van der Waals surface area contributed by atoms with E-state index in [0.717, 1.165) is 17.7 Å². The van der Waals surface area contributed by atoms with E-state index >= 15 is 0 Å². The summed E-state index contributed by atoms with van der Waals surface area (Å²) in [6.07, 6.45) is 4.73. The first-order valence-corrected chi connectivity index (χ1v) is 9.30. The van der Waals surface area contributed by atoms with Crippen LogP contribution in [0.25, 0.3) is 0 Å². The maximum absolute atomic E-state index is 12.2. The van der Waals surface area contributed by atoms with Crippen molar-refractivity contribution in [3.63, 3.8) is 0 Å². The second-order valence-corrected chi connectivity index (χ2v) is 7.63. The fourth-order valence-electron chi connectivity index (χ4n) is 2.74. The van der Waals surface area contributed by atoms with Crippen molar-refractivity contribution in [2.24, 2.45) is 0 Å². The molecule has 1 aliphatic rings. The van der Waals surface area contributed by atoms with Crippen LogP contribution in [0, 0.1) is 0 Å². The molecule has 0 bridgehead atoms. The lowest BCUT2D eigenvalue weighted by Gasteiger charge is -2.36. The molecule has 0 unspecified atom stereocenters. The highest BCUT2D eigenvalue weighted by atomic mass is 32.2. The third kappa shape index (κ3) is 5.06. The van der Waals surface area contributed by atoms with Crippen molar-refractivity contribution >= 4 is 29.3 Å². The highest BCUT2D eigenvalue weighted by Gasteiger charge is 2.34. The summed E-state index contributed by atoms with van der Waals surface area (Å²) in [5, 5.41) is 5.33. The van der Waals surface area contributed by atoms with Crippen LogP contribution < -0.4 is 10.6 Å². The van der Waals surface area contributed by atoms with Crippen LogP contribution in [0.2, 0.25) is 0 Å². The largest absolute Gasteiger partial charge is 0.381 e. The van der Waals surface area contributed by atoms with E-state index < -0.39 is 11.8 Å². The topological polar surface area (TPSA) is 80.3 Å². The highest BCUT2D eigenvalue weighted by molar-refractivity contribution is 8.00. The van der Waals surface area contributed by atoms with Crippen molar-refractivity contribution in [3.8, 4) is 0 Å². The molecule has 2 heterocycles. The minimum atomic E-state index is -0.690. The van der Waals surface area contributed by atoms with Crippen molar-refractivity contribution in [1.29, 1.82) is 0 Å². The molecule has 0 radical (unpaired) electrons. The number of pyridine rings is 1. The summed E-state index contributed by atoms with van der Waals surface area (Å²) < 4.78 is 5.31. The molecule has 0 saturated carbocycles. The van der Waals surface area contributed by atoms with Gasteiger partial charge in [0.2, 0.25) is 0 Å². The zero-order valence-corrected chi connectivity index (χ0v) is 15.1. The zero-order valence-electron chi connectivity index (χ0n) is 14.3. The predicted octanol–water partition coefficient (Wildman–Crippen LogP) is 2.48. The number of ether oxygens (including phenoxy) is 1. The number of rotatable bonds is 5. The molecule has 7 heteroatoms. The molecule has 136 valence electrons. The van der Waals surface area contributed by atoms with Crippen LogP contribution in [-0.2, 0) is 14.3 Å². The first kappa shape index (κ1) is 18.4. The summed E-state index contributed by atoms with van der Waals surface area (Å²) in [6, 6.07) is 13.5. The van der Waals surface area contributed by atoms with Gasteiger partial charge in [-0.05, 0) is 37.1 Å². The number of thioether (sulfide) groups is 1. The fourth-order valence-corrected chi connectivity index (χ4v) is 4.05. The van der Waals surface area contributed by atoms with Gasteiger partial charge in [0.1, 0.15) is 0 Å². The van der Waals surface area contributed by atoms with E-state index in [4.69, 9.17) is 4.74 Å². The number of hydrogen-bond donors (Lipinski definition) is 2. The summed E-state index contributed by atoms with van der Waals surface area (Å²) in [6.45, 7) is 1.71. The van der Waals surface area contributed by atoms with Crippen molar-refractivity contribution in [2.75, 3.05) is 25.1 Å². The van der Waals surface area contributed by atoms with E-state index in [9.17, 15) is 9.59 Å². The Labute approximate surface area is 156 Å². The van der Waals surface area contributed by atoms with Crippen LogP contribution >= 0.6 is 11.8 Å². The van der Waals surface area contributed by atoms with Gasteiger partial charge in [-0.15, -0.1) is 11.8 Å². The molecular formula is C19H21N3O3S. The standard InChI is InChI=1S/C19H21N3O3S/c23-17(18(24)22-15-5-4-10-20-13-15)21-14-19(8-11-25-12-9-19)26-16-6-2-1-3-7-16/h1-7,10,13H,8-9,11-12,14H2,(H,21,23)(H,22,24). The normalized spacial score (nSPS) is 15.8. The van der Waals surface area contributed by atoms with Crippen molar-refractivity contribution < 1.29 is 14.3 Å². The number of nitrogens with zero attached hydrogens (tertiary/aromatic N) is 1. The maximum atomic E-state index is 12.2. The maximum Gasteiger partial charge on any atom is 0.313 e. The average molecular weight is 371 g/mol. The molecule has 2 N–H and O–H groups in total. The molecule has 26 heavy (non-hydrogen) atoms. The van der Waals surface area contributed by atoms with Gasteiger partial charge in [0.15, 0.2) is 0 Å². The van der Waals surface area contributed by atoms with E-state index in [1.807, 2.05) is 18.2 Å². The second kappa shape index (κ2) is 8.82. The predicted molar refractivity (Wildman–Crippen MR) is 101 cm³/mol. The Morgan fingerprint density at radius 3 is 2.54 bits per heavy atom. The van der Waals surface area contributed by atoms with Gasteiger partial charge in [-0.25, -0.2) is 0 Å². The summed E-state index contributed by atoms with van der Waals surface area (Å²) in [7, 11) is 0. The van der Waals surface area contributed by atoms with E-state index in [0.29, 0.717) is 25.4 Å². The van der Waals surface area contributed by atoms with Crippen LogP contribution in [0.4, 0.5) is 5.69 Å². The number of amides is 2. The van der Waals surface area contributed by atoms with E-state index in [2.05, 4.69) is 27.8 Å². The lowest BCUT2D eigenvalue weighted by molar-refractivity contribution is -0.136. The summed E-state index contributed by atoms with van der Waals surface area (Å²) in [4.78, 5) is 29.3. The molecule has 0 aliphatic carbocycles. The molecule has 2 aromatic rings. The monoisotopic (exact) mass is 371 g/mol. The first-order chi connectivity index (χ1) is 12.7. The Hall–Kier alpha value is -2.38. The molecule has 2 amide bonds. The molecule has 1 aromatic heterocycles. The van der Waals surface area contributed by atoms with Gasteiger partial charge in [0, 0.05) is 35.6 Å². The molecule has 1 saturated heterocycles. The Morgan fingerprint density at radius 1 is 1.08 bits per heavy atom. The van der Waals surface area contributed by atoms with Gasteiger partial charge in [-0.1, -0.05) is 18.2 Å². The van der Waals surface area contributed by atoms with Crippen molar-refractivity contribution in [3.05, 3.63) is 54.9 Å². The smallest absolute Gasteiger partial charge is 0.313 e. The van der Waals surface area contributed by atoms with Gasteiger partial charge in [0.05, 0.1) is 11.9 Å². The summed E-state index contributed by atoms with van der Waals surface area (Å²) >= 11 is 1.73. The second-order valence-electron chi connectivity index (χ2n) is 6.09. The van der Waals surface area contributed by atoms with Crippen LogP contribution in [0.1, 0.15) is 12.8 Å². The molecule has 0 atom stereocenters. The summed E-state index contributed by atoms with van der Waals surface area (Å²) in [5.41, 5.74) is 0.493. The minimum absolute atomic E-state index is 0.177.